The number of rotatable bonds is 21. The van der Waals surface area contributed by atoms with Crippen molar-refractivity contribution in [3.63, 3.8) is 0 Å². The van der Waals surface area contributed by atoms with Gasteiger partial charge in [-0.3, -0.25) is 24.3 Å². The fourth-order valence-corrected chi connectivity index (χ4v) is 10.5. The Morgan fingerprint density at radius 2 is 1.69 bits per heavy atom. The third kappa shape index (κ3) is 13.5. The van der Waals surface area contributed by atoms with Crippen LogP contribution in [-0.4, -0.2) is 132 Å². The van der Waals surface area contributed by atoms with Gasteiger partial charge in [0.15, 0.2) is 11.5 Å². The molecule has 2 aliphatic heterocycles. The molecule has 3 amide bonds. The second kappa shape index (κ2) is 24.8. The molecule has 0 bridgehead atoms. The van der Waals surface area contributed by atoms with Gasteiger partial charge in [0.1, 0.15) is 17.9 Å². The highest BCUT2D eigenvalue weighted by Gasteiger charge is 2.43. The summed E-state index contributed by atoms with van der Waals surface area (Å²) in [5.74, 6) is 1.12. The van der Waals surface area contributed by atoms with Gasteiger partial charge in [-0.2, -0.15) is 5.26 Å². The summed E-state index contributed by atoms with van der Waals surface area (Å²) in [6, 6.07) is 15.7. The van der Waals surface area contributed by atoms with Gasteiger partial charge in [0.05, 0.1) is 81.6 Å². The zero-order chi connectivity index (χ0) is 51.5. The second-order valence-electron chi connectivity index (χ2n) is 19.3. The number of aryl methyl sites for hydroxylation is 1. The molecule has 2 aliphatic rings. The van der Waals surface area contributed by atoms with E-state index in [9.17, 15) is 24.8 Å². The average molecular weight is 1040 g/mol. The summed E-state index contributed by atoms with van der Waals surface area (Å²) < 4.78 is 17.3. The molecular formula is C53H65Cl2N9O7S. The first-order chi connectivity index (χ1) is 34.6. The molecular weight excluding hydrogens is 978 g/mol. The van der Waals surface area contributed by atoms with Crippen LogP contribution in [0.2, 0.25) is 10.0 Å². The van der Waals surface area contributed by atoms with E-state index in [1.165, 1.54) is 18.2 Å². The Labute approximate surface area is 435 Å². The number of benzene rings is 3. The number of hydrogen-bond donors (Lipinski definition) is 4. The number of aromatic nitrogens is 2. The van der Waals surface area contributed by atoms with Crippen LogP contribution in [0.3, 0.4) is 0 Å². The van der Waals surface area contributed by atoms with Crippen molar-refractivity contribution in [2.45, 2.75) is 91.0 Å². The van der Waals surface area contributed by atoms with E-state index in [1.807, 2.05) is 62.4 Å². The third-order valence-corrected chi connectivity index (χ3v) is 14.8. The molecule has 16 nitrogen and oxygen atoms in total. The number of pyridine rings is 1. The number of carbonyl (C=O) groups is 3. The van der Waals surface area contributed by atoms with Crippen LogP contribution in [0.4, 0.5) is 11.4 Å². The number of piperazine rings is 1. The minimum Gasteiger partial charge on any atom is -0.495 e. The number of nitrogens with zero attached hydrogens (tertiary/aromatic N) is 6. The Balaban J connectivity index is 0.807. The largest absolute Gasteiger partial charge is 0.495 e. The number of unbranched alkanes of at least 4 members (excludes halogenated alkanes) is 2. The van der Waals surface area contributed by atoms with Gasteiger partial charge in [-0.15, -0.1) is 11.3 Å². The highest BCUT2D eigenvalue weighted by atomic mass is 35.5. The van der Waals surface area contributed by atoms with Crippen LogP contribution in [0.15, 0.2) is 60.2 Å². The zero-order valence-corrected chi connectivity index (χ0v) is 44.2. The molecule has 0 radical (unpaired) electrons. The summed E-state index contributed by atoms with van der Waals surface area (Å²) in [6.45, 7) is 13.1. The first-order valence-electron chi connectivity index (χ1n) is 24.4. The number of aliphatic hydroxyl groups is 1. The highest BCUT2D eigenvalue weighted by Crippen LogP contribution is 2.41. The number of likely N-dealkylation sites (tertiary alicyclic amines) is 1. The number of β-amino-alcohol motifs (C(OH)–C–C–N with tert-alkyl or cyclic N) is 1. The molecule has 5 aromatic rings. The molecule has 2 aromatic heterocycles. The lowest BCUT2D eigenvalue weighted by molar-refractivity contribution is -0.142. The van der Waals surface area contributed by atoms with Crippen LogP contribution < -0.4 is 30.2 Å². The first kappa shape index (κ1) is 54.0. The monoisotopic (exact) mass is 1040 g/mol. The summed E-state index contributed by atoms with van der Waals surface area (Å²) in [5, 5.41) is 31.6. The normalized spacial score (nSPS) is 16.6. The fraction of sp³-hybridized carbons (Fsp3) is 0.472. The van der Waals surface area contributed by atoms with Gasteiger partial charge in [-0.25, -0.2) is 4.98 Å². The summed E-state index contributed by atoms with van der Waals surface area (Å²) in [6.07, 6.45) is 4.49. The van der Waals surface area contributed by atoms with Gasteiger partial charge >= 0.3 is 0 Å². The molecule has 384 valence electrons. The molecule has 3 atom stereocenters. The van der Waals surface area contributed by atoms with Crippen LogP contribution >= 0.6 is 34.5 Å². The maximum absolute atomic E-state index is 14.1. The molecule has 0 spiro atoms. The number of nitriles is 1. The number of halogens is 2. The van der Waals surface area contributed by atoms with E-state index in [2.05, 4.69) is 36.9 Å². The molecule has 2 saturated heterocycles. The number of fused-ring (bicyclic) bond motifs is 1. The van der Waals surface area contributed by atoms with Crippen LogP contribution in [0.5, 0.6) is 17.2 Å². The number of methoxy groups -OCH3 is 2. The maximum atomic E-state index is 14.1. The number of ether oxygens (including phenoxy) is 3. The van der Waals surface area contributed by atoms with Crippen molar-refractivity contribution >= 4 is 74.5 Å². The number of anilines is 2. The molecule has 0 aliphatic carbocycles. The van der Waals surface area contributed by atoms with Crippen LogP contribution in [0.25, 0.3) is 21.3 Å². The zero-order valence-electron chi connectivity index (χ0n) is 41.9. The van der Waals surface area contributed by atoms with Crippen molar-refractivity contribution in [2.75, 3.05) is 72.0 Å². The highest BCUT2D eigenvalue weighted by molar-refractivity contribution is 7.13. The molecule has 19 heteroatoms. The van der Waals surface area contributed by atoms with E-state index in [4.69, 9.17) is 37.4 Å². The number of hydrogen-bond acceptors (Lipinski definition) is 14. The number of thiazole rings is 1. The first-order valence-corrected chi connectivity index (χ1v) is 26.0. The van der Waals surface area contributed by atoms with E-state index in [0.717, 1.165) is 67.0 Å². The predicted molar refractivity (Wildman–Crippen MR) is 282 cm³/mol. The van der Waals surface area contributed by atoms with E-state index < -0.39 is 23.6 Å². The van der Waals surface area contributed by atoms with Gasteiger partial charge in [-0.1, -0.05) is 74.7 Å². The number of amides is 3. The second-order valence-corrected chi connectivity index (χ2v) is 21.0. The molecule has 0 saturated carbocycles. The van der Waals surface area contributed by atoms with Crippen LogP contribution in [-0.2, 0) is 20.9 Å². The predicted octanol–water partition coefficient (Wildman–Crippen LogP) is 8.36. The number of nitrogens with one attached hydrogen (secondary N) is 3. The van der Waals surface area contributed by atoms with Gasteiger partial charge in [0.25, 0.3) is 0 Å². The Morgan fingerprint density at radius 3 is 2.38 bits per heavy atom. The van der Waals surface area contributed by atoms with Crippen molar-refractivity contribution in [3.8, 4) is 33.8 Å². The van der Waals surface area contributed by atoms with Crippen LogP contribution in [0.1, 0.15) is 76.1 Å². The van der Waals surface area contributed by atoms with Crippen molar-refractivity contribution in [3.05, 3.63) is 87.1 Å². The molecule has 4 heterocycles. The molecule has 2 fully saturated rings. The third-order valence-electron chi connectivity index (χ3n) is 13.2. The summed E-state index contributed by atoms with van der Waals surface area (Å²) in [4.78, 5) is 56.6. The van der Waals surface area contributed by atoms with Gasteiger partial charge < -0.3 is 45.1 Å². The van der Waals surface area contributed by atoms with Gasteiger partial charge in [-0.05, 0) is 61.4 Å². The molecule has 7 rings (SSSR count). The average Bonchev–Trinajstić information content (AvgIpc) is 3.99. The Kier molecular flexibility index (Phi) is 18.6. The van der Waals surface area contributed by atoms with E-state index >= 15 is 0 Å². The Hall–Kier alpha value is -5.74. The quantitative estimate of drug-likeness (QED) is 0.0513. The van der Waals surface area contributed by atoms with Crippen LogP contribution in [0, 0.1) is 23.7 Å². The van der Waals surface area contributed by atoms with Gasteiger partial charge in [0.2, 0.25) is 17.7 Å². The van der Waals surface area contributed by atoms with E-state index in [-0.39, 0.29) is 30.7 Å². The van der Waals surface area contributed by atoms with Crippen molar-refractivity contribution in [1.29, 1.82) is 5.26 Å². The summed E-state index contributed by atoms with van der Waals surface area (Å²) in [5.41, 5.74) is 6.29. The minimum absolute atomic E-state index is 0.104. The minimum atomic E-state index is -0.783. The molecule has 0 unspecified atom stereocenters. The van der Waals surface area contributed by atoms with E-state index in [0.29, 0.717) is 94.3 Å². The number of aliphatic hydroxyl groups excluding tert-OH is 1. The summed E-state index contributed by atoms with van der Waals surface area (Å²) in [7, 11) is 3.07. The van der Waals surface area contributed by atoms with Crippen molar-refractivity contribution in [2.24, 2.45) is 5.41 Å². The summed E-state index contributed by atoms with van der Waals surface area (Å²) >= 11 is 14.3. The lowest BCUT2D eigenvalue weighted by Gasteiger charge is -2.35. The van der Waals surface area contributed by atoms with E-state index in [1.54, 1.807) is 42.7 Å². The van der Waals surface area contributed by atoms with Crippen molar-refractivity contribution in [1.82, 2.24) is 35.3 Å². The smallest absolute Gasteiger partial charge is 0.243 e. The molecule has 3 aromatic carbocycles. The molecule has 72 heavy (non-hydrogen) atoms. The SMILES string of the molecule is COc1cc(Nc2c(C#N)cnc3cc(OCCCN4CCN(C(=O)CCCCCN[C@H](C(=O)N5C[C@H](O)C[C@H]5C(=O)NCc5ccc(-c6scnc6C)cc5)C(C)(C)C)CC4)c(OC)cc23)c(Cl)cc1Cl. The lowest BCUT2D eigenvalue weighted by atomic mass is 9.85. The molecule has 4 N–H and O–H groups in total. The fourth-order valence-electron chi connectivity index (χ4n) is 9.18. The Morgan fingerprint density at radius 1 is 0.944 bits per heavy atom. The number of carbonyl (C=O) groups excluding carboxylic acids is 3. The maximum Gasteiger partial charge on any atom is 0.243 e. The topological polar surface area (TPSA) is 195 Å². The lowest BCUT2D eigenvalue weighted by Crippen LogP contribution is -2.56. The standard InChI is InChI=1S/C53H65Cl2N9O7S/c1-33-49(72-32-60-33)35-14-12-34(13-15-35)29-59-51(67)43-23-37(65)31-64(43)52(68)50(53(2,3)4)57-16-9-7-8-11-47(66)63-20-18-62(19-21-63)17-10-22-71-46-26-41-38(24-45(46)70-6)48(36(28-56)30-58-41)61-42-27-44(69-5)40(55)25-39(42)54/h12-15,24-27,30,32,37,43,50,57,65H,7-11,16-23,29,31H2,1-6H3,(H,58,61)(H,59,67)/t37-,43+,50-/m1/s1. The van der Waals surface area contributed by atoms with Gasteiger partial charge in [0, 0.05) is 82.4 Å². The Bertz CT molecular complexity index is 2740. The van der Waals surface area contributed by atoms with Crippen molar-refractivity contribution < 1.29 is 33.7 Å².